The first-order valence-corrected chi connectivity index (χ1v) is 9.49. The molecule has 0 saturated heterocycles. The Kier molecular flexibility index (Phi) is 35.2. The number of carboxylic acids is 2. The largest absolute Gasteiger partial charge is 2.00 e. The molecule has 0 aliphatic rings. The first-order valence-electron chi connectivity index (χ1n) is 9.49. The number of carboxylic acid groups (broad SMARTS) is 2. The van der Waals surface area contributed by atoms with Gasteiger partial charge in [-0.3, -0.25) is 9.59 Å². The molecule has 182 valence electrons. The quantitative estimate of drug-likeness (QED) is 0.325. The first kappa shape index (κ1) is 40.4. The fourth-order valence-electron chi connectivity index (χ4n) is 1.72. The third-order valence-corrected chi connectivity index (χ3v) is 3.18. The van der Waals surface area contributed by atoms with Crippen LogP contribution < -0.4 is 10.2 Å². The van der Waals surface area contributed by atoms with Crippen molar-refractivity contribution in [2.75, 3.05) is 27.4 Å². The van der Waals surface area contributed by atoms with Crippen LogP contribution in [0, 0.1) is 11.8 Å². The first-order chi connectivity index (χ1) is 13.7. The molecule has 11 heteroatoms. The van der Waals surface area contributed by atoms with E-state index in [4.69, 9.17) is 10.2 Å². The molecule has 31 heavy (non-hydrogen) atoms. The predicted molar refractivity (Wildman–Crippen MR) is 106 cm³/mol. The zero-order chi connectivity index (χ0) is 24.9. The molecule has 0 aliphatic carbocycles. The van der Waals surface area contributed by atoms with E-state index in [1.54, 1.807) is 41.9 Å². The van der Waals surface area contributed by atoms with Crippen LogP contribution in [0.1, 0.15) is 54.4 Å². The second-order valence-electron chi connectivity index (χ2n) is 6.39. The van der Waals surface area contributed by atoms with Crippen molar-refractivity contribution >= 4 is 23.5 Å². The summed E-state index contributed by atoms with van der Waals surface area (Å²) in [6, 6.07) is 0. The summed E-state index contributed by atoms with van der Waals surface area (Å²) in [5.74, 6) is -5.04. The van der Waals surface area contributed by atoms with Crippen molar-refractivity contribution in [2.45, 2.75) is 66.6 Å². The van der Waals surface area contributed by atoms with Crippen LogP contribution >= 0.6 is 0 Å². The van der Waals surface area contributed by atoms with Crippen LogP contribution in [0.15, 0.2) is 0 Å². The second-order valence-corrected chi connectivity index (χ2v) is 6.39. The number of carbonyl (C=O) groups is 4. The average molecular weight is 530 g/mol. The maximum absolute atomic E-state index is 10.4. The summed E-state index contributed by atoms with van der Waals surface area (Å²) in [5, 5.41) is 36.9. The van der Waals surface area contributed by atoms with Gasteiger partial charge in [-0.05, 0) is 40.5 Å². The predicted octanol–water partition coefficient (Wildman–Crippen LogP) is -1.27. The summed E-state index contributed by atoms with van der Waals surface area (Å²) in [6.45, 7) is 10.0. The van der Waals surface area contributed by atoms with E-state index in [1.807, 2.05) is 0 Å². The van der Waals surface area contributed by atoms with Gasteiger partial charge in [0.05, 0.1) is 49.2 Å². The van der Waals surface area contributed by atoms with Crippen molar-refractivity contribution in [1.29, 1.82) is 0 Å². The van der Waals surface area contributed by atoms with Crippen LogP contribution in [0.2, 0.25) is 0 Å². The molecule has 0 rings (SSSR count). The Morgan fingerprint density at radius 3 is 0.968 bits per heavy atom. The number of hydrogen-bond acceptors (Lipinski definition) is 10. The molecule has 0 bridgehead atoms. The van der Waals surface area contributed by atoms with Gasteiger partial charge in [0.15, 0.2) is 0 Å². The summed E-state index contributed by atoms with van der Waals surface area (Å²) in [6.07, 6.45) is -0.0139. The van der Waals surface area contributed by atoms with Gasteiger partial charge < -0.3 is 39.5 Å². The number of hydrogen-bond donors (Lipinski definition) is 2. The molecule has 4 unspecified atom stereocenters. The van der Waals surface area contributed by atoms with Crippen molar-refractivity contribution in [2.24, 2.45) is 11.8 Å². The number of aliphatic hydroxyl groups is 2. The third-order valence-electron chi connectivity index (χ3n) is 3.18. The van der Waals surface area contributed by atoms with Gasteiger partial charge in [-0.25, -0.2) is 0 Å². The molecule has 4 atom stereocenters. The molecule has 0 aromatic carbocycles. The Balaban J connectivity index is -0.0000000977. The number of ether oxygens (including phenoxy) is 2. The molecule has 0 amide bonds. The molecule has 0 aromatic rings. The van der Waals surface area contributed by atoms with Gasteiger partial charge in [0.1, 0.15) is 11.6 Å². The molecule has 0 saturated carbocycles. The molecular weight excluding hydrogens is 491 g/mol. The fourth-order valence-corrected chi connectivity index (χ4v) is 1.72. The fraction of sp³-hybridized carbons (Fsp3) is 0.800. The molecule has 0 radical (unpaired) electrons. The smallest absolute Gasteiger partial charge is 0.549 e. The van der Waals surface area contributed by atoms with E-state index in [2.05, 4.69) is 9.47 Å². The van der Waals surface area contributed by atoms with E-state index in [0.29, 0.717) is 26.1 Å². The van der Waals surface area contributed by atoms with Gasteiger partial charge >= 0.3 is 26.2 Å². The Morgan fingerprint density at radius 2 is 0.968 bits per heavy atom. The van der Waals surface area contributed by atoms with Crippen molar-refractivity contribution in [3.8, 4) is 0 Å². The van der Waals surface area contributed by atoms with Crippen LogP contribution in [0.4, 0.5) is 0 Å². The van der Waals surface area contributed by atoms with E-state index in [-0.39, 0.29) is 50.0 Å². The molecular formula is C20H38O10Zr. The molecule has 0 aromatic heterocycles. The number of rotatable bonds is 10. The molecule has 0 heterocycles. The summed E-state index contributed by atoms with van der Waals surface area (Å²) >= 11 is 0. The minimum Gasteiger partial charge on any atom is -0.549 e. The number of methoxy groups -OCH3 is 2. The monoisotopic (exact) mass is 528 g/mol. The number of carbonyl (C=O) groups excluding carboxylic acids is 4. The summed E-state index contributed by atoms with van der Waals surface area (Å²) < 4.78 is 9.11. The molecule has 2 N–H and O–H groups in total. The number of Topliss-reactive ketones (excluding diaryl/α,β-unsaturated/α-hetero) is 2. The van der Waals surface area contributed by atoms with Crippen molar-refractivity contribution in [3.63, 3.8) is 0 Å². The van der Waals surface area contributed by atoms with Crippen LogP contribution in [-0.2, 0) is 54.9 Å². The Hall–Kier alpha value is -0.997. The van der Waals surface area contributed by atoms with Crippen LogP contribution in [-0.4, -0.2) is 73.4 Å². The second kappa shape index (κ2) is 27.0. The molecule has 10 nitrogen and oxygen atoms in total. The van der Waals surface area contributed by atoms with E-state index >= 15 is 0 Å². The average Bonchev–Trinajstić information content (AvgIpc) is 2.56. The topological polar surface area (TPSA) is 173 Å². The van der Waals surface area contributed by atoms with E-state index < -0.39 is 23.8 Å². The zero-order valence-corrected chi connectivity index (χ0v) is 22.3. The van der Waals surface area contributed by atoms with Crippen LogP contribution in [0.25, 0.3) is 0 Å². The third kappa shape index (κ3) is 33.8. The van der Waals surface area contributed by atoms with Gasteiger partial charge in [-0.2, -0.15) is 0 Å². The van der Waals surface area contributed by atoms with Crippen LogP contribution in [0.3, 0.4) is 0 Å². The van der Waals surface area contributed by atoms with Gasteiger partial charge in [0, 0.05) is 14.2 Å². The minimum absolute atomic E-state index is 0. The maximum atomic E-state index is 10.4. The van der Waals surface area contributed by atoms with Gasteiger partial charge in [0.2, 0.25) is 0 Å². The Morgan fingerprint density at radius 1 is 0.742 bits per heavy atom. The zero-order valence-electron chi connectivity index (χ0n) is 19.8. The summed E-state index contributed by atoms with van der Waals surface area (Å²) in [5.41, 5.74) is 0. The summed E-state index contributed by atoms with van der Waals surface area (Å²) in [7, 11) is 3.12. The van der Waals surface area contributed by atoms with E-state index in [0.717, 1.165) is 0 Å². The standard InChI is InChI=1S/2C6H10O3.2C4H10O2.Zr/c2*1-3-5(4(2)7)6(8)9;2*1-4(5)3-6-2;/h2*5H,3H2,1-2H3,(H,8,9);2*4-5H,3H2,1-2H3;/q;;;;+2/p-2. The van der Waals surface area contributed by atoms with Crippen molar-refractivity contribution in [1.82, 2.24) is 0 Å². The number of aliphatic carboxylic acids is 2. The minimum atomic E-state index is -1.27. The maximum Gasteiger partial charge on any atom is 2.00 e. The van der Waals surface area contributed by atoms with Gasteiger partial charge in [0.25, 0.3) is 0 Å². The van der Waals surface area contributed by atoms with E-state index in [1.165, 1.54) is 13.8 Å². The Labute approximate surface area is 204 Å². The van der Waals surface area contributed by atoms with Crippen LogP contribution in [0.5, 0.6) is 0 Å². The number of ketones is 2. The van der Waals surface area contributed by atoms with Gasteiger partial charge in [-0.15, -0.1) is 0 Å². The SMILES string of the molecule is CCC(C(C)=O)C(=O)[O-].CCC(C(C)=O)C(=O)[O-].COCC(C)O.COCC(C)O.[Zr+2]. The van der Waals surface area contributed by atoms with Crippen molar-refractivity contribution < 1.29 is 75.3 Å². The van der Waals surface area contributed by atoms with E-state index in [9.17, 15) is 29.4 Å². The molecule has 0 spiro atoms. The number of aliphatic hydroxyl groups excluding tert-OH is 2. The Bertz CT molecular complexity index is 397. The van der Waals surface area contributed by atoms with Gasteiger partial charge in [-0.1, -0.05) is 13.8 Å². The summed E-state index contributed by atoms with van der Waals surface area (Å²) in [4.78, 5) is 40.9. The molecule has 0 aliphatic heterocycles. The molecule has 0 fully saturated rings. The normalized spacial score (nSPS) is 13.0. The van der Waals surface area contributed by atoms with Crippen molar-refractivity contribution in [3.05, 3.63) is 0 Å².